The molecule has 0 heterocycles. The van der Waals surface area contributed by atoms with Crippen LogP contribution in [-0.2, 0) is 9.59 Å². The fraction of sp³-hybridized carbons (Fsp3) is 0.115. The van der Waals surface area contributed by atoms with Gasteiger partial charge in [0.1, 0.15) is 11.6 Å². The monoisotopic (exact) mass is 587 g/mol. The first kappa shape index (κ1) is 27.1. The molecular weight excluding hydrogens is 569 g/mol. The molecule has 0 aliphatic heterocycles. The van der Waals surface area contributed by atoms with Gasteiger partial charge in [0.25, 0.3) is 11.8 Å². The van der Waals surface area contributed by atoms with E-state index in [4.69, 9.17) is 32.7 Å². The van der Waals surface area contributed by atoms with Gasteiger partial charge >= 0.3 is 0 Å². The zero-order chi connectivity index (χ0) is 26.1. The molecule has 184 valence electrons. The van der Waals surface area contributed by atoms with Crippen molar-refractivity contribution in [2.24, 2.45) is 0 Å². The van der Waals surface area contributed by atoms with Gasteiger partial charge < -0.3 is 20.1 Å². The summed E-state index contributed by atoms with van der Waals surface area (Å²) in [5, 5.41) is 15.6. The van der Waals surface area contributed by atoms with Crippen LogP contribution in [0.1, 0.15) is 12.5 Å². The molecule has 2 N–H and O–H groups in total. The molecule has 0 bridgehead atoms. The predicted octanol–water partition coefficient (Wildman–Crippen LogP) is 6.72. The number of benzene rings is 3. The fourth-order valence-corrected chi connectivity index (χ4v) is 3.97. The second kappa shape index (κ2) is 13.0. The minimum absolute atomic E-state index is 0.142. The lowest BCUT2D eigenvalue weighted by Crippen LogP contribution is -2.20. The number of anilines is 2. The van der Waals surface area contributed by atoms with Gasteiger partial charge in [-0.1, -0.05) is 47.5 Å². The molecule has 3 rings (SSSR count). The van der Waals surface area contributed by atoms with E-state index in [2.05, 4.69) is 26.6 Å². The van der Waals surface area contributed by atoms with E-state index in [-0.39, 0.29) is 12.2 Å². The molecule has 2 amide bonds. The van der Waals surface area contributed by atoms with Crippen molar-refractivity contribution in [3.05, 3.63) is 86.3 Å². The minimum atomic E-state index is -0.615. The largest absolute Gasteiger partial charge is 0.490 e. The number of amides is 2. The summed E-state index contributed by atoms with van der Waals surface area (Å²) in [6.45, 7) is 1.81. The van der Waals surface area contributed by atoms with Gasteiger partial charge in [-0.05, 0) is 70.9 Å². The zero-order valence-electron chi connectivity index (χ0n) is 19.0. The average Bonchev–Trinajstić information content (AvgIpc) is 2.85. The summed E-state index contributed by atoms with van der Waals surface area (Å²) in [6.07, 6.45) is 1.41. The summed E-state index contributed by atoms with van der Waals surface area (Å²) in [5.41, 5.74) is 1.22. The molecule has 0 saturated heterocycles. The highest BCUT2D eigenvalue weighted by Crippen LogP contribution is 2.37. The van der Waals surface area contributed by atoms with Crippen molar-refractivity contribution in [1.29, 1.82) is 5.26 Å². The van der Waals surface area contributed by atoms with Crippen molar-refractivity contribution in [2.75, 3.05) is 23.8 Å². The Labute approximate surface area is 226 Å². The summed E-state index contributed by atoms with van der Waals surface area (Å²) in [4.78, 5) is 25.0. The van der Waals surface area contributed by atoms with Crippen LogP contribution in [0.3, 0.4) is 0 Å². The second-order valence-electron chi connectivity index (χ2n) is 7.18. The van der Waals surface area contributed by atoms with E-state index in [9.17, 15) is 14.9 Å². The van der Waals surface area contributed by atoms with Crippen LogP contribution in [0.25, 0.3) is 6.08 Å². The molecule has 7 nitrogen and oxygen atoms in total. The van der Waals surface area contributed by atoms with E-state index in [1.807, 2.05) is 6.07 Å². The summed E-state index contributed by atoms with van der Waals surface area (Å²) < 4.78 is 11.9. The third kappa shape index (κ3) is 7.25. The Bertz CT molecular complexity index is 1360. The predicted molar refractivity (Wildman–Crippen MR) is 145 cm³/mol. The number of carbonyl (C=O) groups excluding carboxylic acids is 2. The van der Waals surface area contributed by atoms with Crippen molar-refractivity contribution in [3.63, 3.8) is 0 Å². The molecule has 0 spiro atoms. The summed E-state index contributed by atoms with van der Waals surface area (Å²) in [7, 11) is 0. The van der Waals surface area contributed by atoms with Gasteiger partial charge in [-0.15, -0.1) is 0 Å². The smallest absolute Gasteiger partial charge is 0.266 e. The Hall–Kier alpha value is -3.51. The molecule has 36 heavy (non-hydrogen) atoms. The number of para-hydroxylation sites is 2. The number of carbonyl (C=O) groups is 2. The molecule has 3 aromatic carbocycles. The summed E-state index contributed by atoms with van der Waals surface area (Å²) >= 11 is 15.6. The van der Waals surface area contributed by atoms with Gasteiger partial charge in [0.2, 0.25) is 0 Å². The Morgan fingerprint density at radius 1 is 1.00 bits per heavy atom. The van der Waals surface area contributed by atoms with Crippen molar-refractivity contribution in [3.8, 4) is 17.6 Å². The Morgan fingerprint density at radius 2 is 1.61 bits per heavy atom. The van der Waals surface area contributed by atoms with Gasteiger partial charge in [0.15, 0.2) is 18.1 Å². The number of halogens is 3. The minimum Gasteiger partial charge on any atom is -0.490 e. The number of ether oxygens (including phenoxy) is 2. The highest BCUT2D eigenvalue weighted by Gasteiger charge is 2.16. The van der Waals surface area contributed by atoms with Crippen LogP contribution in [0, 0.1) is 11.3 Å². The van der Waals surface area contributed by atoms with Crippen LogP contribution in [0.5, 0.6) is 11.5 Å². The Balaban J connectivity index is 1.79. The normalized spacial score (nSPS) is 10.8. The lowest BCUT2D eigenvalue weighted by molar-refractivity contribution is -0.118. The first-order valence-electron chi connectivity index (χ1n) is 10.6. The van der Waals surface area contributed by atoms with Crippen LogP contribution in [-0.4, -0.2) is 25.0 Å². The lowest BCUT2D eigenvalue weighted by Gasteiger charge is -2.15. The quantitative estimate of drug-likeness (QED) is 0.213. The summed E-state index contributed by atoms with van der Waals surface area (Å²) in [6, 6.07) is 18.7. The molecule has 0 aromatic heterocycles. The number of nitriles is 1. The molecule has 0 aliphatic rings. The van der Waals surface area contributed by atoms with Crippen LogP contribution < -0.4 is 20.1 Å². The fourth-order valence-electron chi connectivity index (χ4n) is 3.03. The van der Waals surface area contributed by atoms with Crippen LogP contribution in [0.4, 0.5) is 11.4 Å². The van der Waals surface area contributed by atoms with Gasteiger partial charge in [-0.2, -0.15) is 5.26 Å². The van der Waals surface area contributed by atoms with E-state index in [0.717, 1.165) is 0 Å². The Kier molecular flexibility index (Phi) is 9.77. The first-order chi connectivity index (χ1) is 17.3. The van der Waals surface area contributed by atoms with Crippen LogP contribution >= 0.6 is 39.1 Å². The molecular formula is C26H20BrCl2N3O4. The third-order valence-corrected chi connectivity index (χ3v) is 5.87. The molecule has 3 aromatic rings. The third-order valence-electron chi connectivity index (χ3n) is 4.63. The van der Waals surface area contributed by atoms with Crippen molar-refractivity contribution in [2.45, 2.75) is 6.92 Å². The number of rotatable bonds is 9. The molecule has 0 radical (unpaired) electrons. The standard InChI is InChI=1S/C26H20BrCl2N3O4/c1-2-35-23-13-16(11-17(14-30)26(34)32-22-10-6-4-8-20(22)29)12-18(27)25(23)36-15-24(33)31-21-9-5-3-7-19(21)28/h3-13H,2,15H2,1H3,(H,31,33)(H,32,34)/b17-11+. The SMILES string of the molecule is CCOc1cc(/C=C(\C#N)C(=O)Nc2ccccc2Cl)cc(Br)c1OCC(=O)Nc1ccccc1Cl. The van der Waals surface area contributed by atoms with Crippen molar-refractivity contribution < 1.29 is 19.1 Å². The van der Waals surface area contributed by atoms with Gasteiger partial charge in [0.05, 0.1) is 32.5 Å². The van der Waals surface area contributed by atoms with E-state index in [1.54, 1.807) is 67.6 Å². The molecule has 0 fully saturated rings. The van der Waals surface area contributed by atoms with Gasteiger partial charge in [-0.3, -0.25) is 9.59 Å². The number of nitrogens with zero attached hydrogens (tertiary/aromatic N) is 1. The van der Waals surface area contributed by atoms with E-state index >= 15 is 0 Å². The molecule has 0 saturated carbocycles. The first-order valence-corrected chi connectivity index (χ1v) is 12.2. The van der Waals surface area contributed by atoms with Crippen molar-refractivity contribution in [1.82, 2.24) is 0 Å². The van der Waals surface area contributed by atoms with E-state index in [0.29, 0.717) is 49.6 Å². The van der Waals surface area contributed by atoms with Crippen molar-refractivity contribution >= 4 is 68.4 Å². The number of nitrogens with one attached hydrogen (secondary N) is 2. The average molecular weight is 589 g/mol. The van der Waals surface area contributed by atoms with E-state index < -0.39 is 11.8 Å². The van der Waals surface area contributed by atoms with Crippen LogP contribution in [0.2, 0.25) is 10.0 Å². The zero-order valence-corrected chi connectivity index (χ0v) is 22.1. The highest BCUT2D eigenvalue weighted by atomic mass is 79.9. The molecule has 0 aliphatic carbocycles. The topological polar surface area (TPSA) is 100 Å². The maximum atomic E-state index is 12.6. The van der Waals surface area contributed by atoms with Crippen LogP contribution in [0.15, 0.2) is 70.7 Å². The molecule has 0 unspecified atom stereocenters. The second-order valence-corrected chi connectivity index (χ2v) is 8.85. The maximum Gasteiger partial charge on any atom is 0.266 e. The maximum absolute atomic E-state index is 12.6. The van der Waals surface area contributed by atoms with Gasteiger partial charge in [-0.25, -0.2) is 0 Å². The molecule has 0 atom stereocenters. The Morgan fingerprint density at radius 3 is 2.19 bits per heavy atom. The summed E-state index contributed by atoms with van der Waals surface area (Å²) in [5.74, 6) is -0.407. The molecule has 10 heteroatoms. The highest BCUT2D eigenvalue weighted by molar-refractivity contribution is 9.10. The lowest BCUT2D eigenvalue weighted by atomic mass is 10.1. The number of hydrogen-bond donors (Lipinski definition) is 2. The number of hydrogen-bond acceptors (Lipinski definition) is 5. The van der Waals surface area contributed by atoms with E-state index in [1.165, 1.54) is 6.08 Å². The van der Waals surface area contributed by atoms with Gasteiger partial charge in [0, 0.05) is 0 Å².